The molecule has 0 amide bonds. The van der Waals surface area contributed by atoms with Crippen LogP contribution in [0.4, 0.5) is 13.2 Å². The van der Waals surface area contributed by atoms with Crippen LogP contribution in [-0.4, -0.2) is 23.9 Å². The van der Waals surface area contributed by atoms with Crippen LogP contribution in [0.5, 0.6) is 5.75 Å². The van der Waals surface area contributed by atoms with Gasteiger partial charge in [-0.3, -0.25) is 4.98 Å². The molecule has 0 unspecified atom stereocenters. The number of oxime groups is 1. The lowest BCUT2D eigenvalue weighted by Gasteiger charge is -2.10. The molecular weight excluding hydrogens is 369 g/mol. The SMILES string of the molecule is FC(F)(F)c1cccc(OCCON=C(c2ccccc2)c2ccccn2)c1. The first-order valence-corrected chi connectivity index (χ1v) is 8.51. The summed E-state index contributed by atoms with van der Waals surface area (Å²) in [4.78, 5) is 9.61. The van der Waals surface area contributed by atoms with Gasteiger partial charge in [0.15, 0.2) is 6.61 Å². The quantitative estimate of drug-likeness (QED) is 0.328. The molecule has 4 nitrogen and oxygen atoms in total. The second kappa shape index (κ2) is 9.03. The molecule has 0 radical (unpaired) electrons. The summed E-state index contributed by atoms with van der Waals surface area (Å²) < 4.78 is 43.5. The maximum absolute atomic E-state index is 12.7. The minimum atomic E-state index is -4.41. The summed E-state index contributed by atoms with van der Waals surface area (Å²) in [5.41, 5.74) is 1.28. The zero-order chi connectivity index (χ0) is 19.8. The van der Waals surface area contributed by atoms with Crippen molar-refractivity contribution in [1.29, 1.82) is 0 Å². The first-order chi connectivity index (χ1) is 13.5. The van der Waals surface area contributed by atoms with Crippen molar-refractivity contribution >= 4 is 5.71 Å². The molecule has 3 rings (SSSR count). The van der Waals surface area contributed by atoms with Crippen molar-refractivity contribution in [3.63, 3.8) is 0 Å². The summed E-state index contributed by atoms with van der Waals surface area (Å²) in [6.07, 6.45) is -2.75. The van der Waals surface area contributed by atoms with Crippen LogP contribution in [0.15, 0.2) is 84.1 Å². The van der Waals surface area contributed by atoms with Gasteiger partial charge in [-0.25, -0.2) is 0 Å². The summed E-state index contributed by atoms with van der Waals surface area (Å²) in [5, 5.41) is 4.15. The minimum absolute atomic E-state index is 0.0507. The Morgan fingerprint density at radius 2 is 1.68 bits per heavy atom. The summed E-state index contributed by atoms with van der Waals surface area (Å²) >= 11 is 0. The van der Waals surface area contributed by atoms with Crippen molar-refractivity contribution in [2.45, 2.75) is 6.18 Å². The first kappa shape index (κ1) is 19.4. The number of benzene rings is 2. The predicted molar refractivity (Wildman–Crippen MR) is 99.2 cm³/mol. The van der Waals surface area contributed by atoms with Gasteiger partial charge in [0.1, 0.15) is 18.1 Å². The lowest BCUT2D eigenvalue weighted by molar-refractivity contribution is -0.137. The smallest absolute Gasteiger partial charge is 0.416 e. The third-order valence-corrected chi connectivity index (χ3v) is 3.72. The zero-order valence-corrected chi connectivity index (χ0v) is 14.8. The van der Waals surface area contributed by atoms with Gasteiger partial charge in [0.05, 0.1) is 11.3 Å². The second-order valence-electron chi connectivity index (χ2n) is 5.73. The van der Waals surface area contributed by atoms with Crippen LogP contribution in [0.3, 0.4) is 0 Å². The van der Waals surface area contributed by atoms with Crippen molar-refractivity contribution in [2.75, 3.05) is 13.2 Å². The number of halogens is 3. The van der Waals surface area contributed by atoms with Crippen LogP contribution in [0.1, 0.15) is 16.8 Å². The number of nitrogens with zero attached hydrogens (tertiary/aromatic N) is 2. The Morgan fingerprint density at radius 3 is 2.39 bits per heavy atom. The molecular formula is C21H17F3N2O2. The van der Waals surface area contributed by atoms with Crippen molar-refractivity contribution in [1.82, 2.24) is 4.98 Å². The Kier molecular flexibility index (Phi) is 6.26. The topological polar surface area (TPSA) is 43.7 Å². The lowest BCUT2D eigenvalue weighted by atomic mass is 10.1. The van der Waals surface area contributed by atoms with E-state index in [0.29, 0.717) is 11.4 Å². The largest absolute Gasteiger partial charge is 0.490 e. The van der Waals surface area contributed by atoms with Gasteiger partial charge in [0, 0.05) is 11.8 Å². The summed E-state index contributed by atoms with van der Waals surface area (Å²) in [7, 11) is 0. The molecule has 144 valence electrons. The Hall–Kier alpha value is -3.35. The fourth-order valence-electron chi connectivity index (χ4n) is 2.42. The molecule has 0 atom stereocenters. The van der Waals surface area contributed by atoms with Crippen LogP contribution in [0.2, 0.25) is 0 Å². The summed E-state index contributed by atoms with van der Waals surface area (Å²) in [5.74, 6) is 0.121. The molecule has 0 N–H and O–H groups in total. The number of hydrogen-bond acceptors (Lipinski definition) is 4. The van der Waals surface area contributed by atoms with Crippen molar-refractivity contribution < 1.29 is 22.7 Å². The van der Waals surface area contributed by atoms with Crippen LogP contribution >= 0.6 is 0 Å². The van der Waals surface area contributed by atoms with Gasteiger partial charge in [0.25, 0.3) is 0 Å². The molecule has 0 aliphatic rings. The van der Waals surface area contributed by atoms with Gasteiger partial charge in [-0.1, -0.05) is 47.6 Å². The Balaban J connectivity index is 1.62. The van der Waals surface area contributed by atoms with E-state index < -0.39 is 11.7 Å². The Morgan fingerprint density at radius 1 is 0.893 bits per heavy atom. The molecule has 0 aliphatic heterocycles. The zero-order valence-electron chi connectivity index (χ0n) is 14.8. The van der Waals surface area contributed by atoms with Crippen molar-refractivity contribution in [2.24, 2.45) is 5.16 Å². The summed E-state index contributed by atoms with van der Waals surface area (Å²) in [6, 6.07) is 19.6. The standard InChI is InChI=1S/C21H17F3N2O2/c22-21(23,24)17-9-6-10-18(15-17)27-13-14-28-26-20(16-7-2-1-3-8-16)19-11-4-5-12-25-19/h1-12,15H,13-14H2. The van der Waals surface area contributed by atoms with E-state index in [0.717, 1.165) is 17.7 Å². The van der Waals surface area contributed by atoms with Crippen LogP contribution in [0, 0.1) is 0 Å². The average molecular weight is 386 g/mol. The van der Waals surface area contributed by atoms with Gasteiger partial charge in [0.2, 0.25) is 0 Å². The van der Waals surface area contributed by atoms with Gasteiger partial charge >= 0.3 is 6.18 Å². The molecule has 0 spiro atoms. The fourth-order valence-corrected chi connectivity index (χ4v) is 2.42. The number of ether oxygens (including phenoxy) is 1. The van der Waals surface area contributed by atoms with E-state index in [1.54, 1.807) is 12.3 Å². The van der Waals surface area contributed by atoms with Crippen molar-refractivity contribution in [3.8, 4) is 5.75 Å². The number of pyridine rings is 1. The number of rotatable bonds is 7. The van der Waals surface area contributed by atoms with E-state index in [9.17, 15) is 13.2 Å². The number of alkyl halides is 3. The highest BCUT2D eigenvalue weighted by molar-refractivity contribution is 6.11. The second-order valence-corrected chi connectivity index (χ2v) is 5.73. The van der Waals surface area contributed by atoms with Crippen LogP contribution in [-0.2, 0) is 11.0 Å². The van der Waals surface area contributed by atoms with E-state index in [1.807, 2.05) is 42.5 Å². The average Bonchev–Trinajstić information content (AvgIpc) is 2.71. The molecule has 28 heavy (non-hydrogen) atoms. The Bertz CT molecular complexity index is 872. The maximum atomic E-state index is 12.7. The Labute approximate surface area is 160 Å². The highest BCUT2D eigenvalue weighted by atomic mass is 19.4. The molecule has 2 aromatic carbocycles. The molecule has 0 bridgehead atoms. The molecule has 0 aliphatic carbocycles. The van der Waals surface area contributed by atoms with Crippen LogP contribution in [0.25, 0.3) is 0 Å². The highest BCUT2D eigenvalue weighted by Crippen LogP contribution is 2.31. The van der Waals surface area contributed by atoms with Gasteiger partial charge in [-0.05, 0) is 30.3 Å². The van der Waals surface area contributed by atoms with E-state index in [4.69, 9.17) is 9.57 Å². The van der Waals surface area contributed by atoms with Gasteiger partial charge in [-0.15, -0.1) is 0 Å². The normalized spacial score (nSPS) is 11.9. The number of aromatic nitrogens is 1. The molecule has 0 saturated heterocycles. The third kappa shape index (κ3) is 5.33. The first-order valence-electron chi connectivity index (χ1n) is 8.51. The van der Waals surface area contributed by atoms with Gasteiger partial charge < -0.3 is 9.57 Å². The number of hydrogen-bond donors (Lipinski definition) is 0. The van der Waals surface area contributed by atoms with Crippen molar-refractivity contribution in [3.05, 3.63) is 95.8 Å². The maximum Gasteiger partial charge on any atom is 0.416 e. The van der Waals surface area contributed by atoms with Crippen LogP contribution < -0.4 is 4.74 Å². The summed E-state index contributed by atoms with van der Waals surface area (Å²) in [6.45, 7) is 0.120. The molecule has 0 saturated carbocycles. The third-order valence-electron chi connectivity index (χ3n) is 3.72. The molecule has 1 heterocycles. The minimum Gasteiger partial charge on any atom is -0.490 e. The molecule has 1 aromatic heterocycles. The molecule has 0 fully saturated rings. The monoisotopic (exact) mass is 386 g/mol. The van der Waals surface area contributed by atoms with E-state index in [-0.39, 0.29) is 19.0 Å². The van der Waals surface area contributed by atoms with E-state index in [2.05, 4.69) is 10.1 Å². The molecule has 7 heteroatoms. The van der Waals surface area contributed by atoms with Gasteiger partial charge in [-0.2, -0.15) is 13.2 Å². The highest BCUT2D eigenvalue weighted by Gasteiger charge is 2.30. The molecule has 3 aromatic rings. The predicted octanol–water partition coefficient (Wildman–Crippen LogP) is 4.95. The van der Waals surface area contributed by atoms with E-state index in [1.165, 1.54) is 12.1 Å². The fraction of sp³-hybridized carbons (Fsp3) is 0.143. The lowest BCUT2D eigenvalue weighted by Crippen LogP contribution is -2.10. The van der Waals surface area contributed by atoms with E-state index >= 15 is 0 Å².